The third-order valence-corrected chi connectivity index (χ3v) is 8.51. The van der Waals surface area contributed by atoms with Gasteiger partial charge < -0.3 is 4.90 Å². The lowest BCUT2D eigenvalue weighted by Gasteiger charge is -2.40. The van der Waals surface area contributed by atoms with Crippen molar-refractivity contribution in [3.05, 3.63) is 34.3 Å². The van der Waals surface area contributed by atoms with Gasteiger partial charge in [-0.2, -0.15) is 16.6 Å². The molecule has 2 aromatic rings. The fourth-order valence-electron chi connectivity index (χ4n) is 5.32. The highest BCUT2D eigenvalue weighted by molar-refractivity contribution is 7.08. The van der Waals surface area contributed by atoms with Crippen LogP contribution in [-0.4, -0.2) is 45.8 Å². The molecule has 31 heavy (non-hydrogen) atoms. The van der Waals surface area contributed by atoms with Crippen LogP contribution in [0.2, 0.25) is 0 Å². The number of thiophene rings is 1. The number of nitrogens with zero attached hydrogens (tertiary/aromatic N) is 5. The lowest BCUT2D eigenvalue weighted by molar-refractivity contribution is 0.0897. The summed E-state index contributed by atoms with van der Waals surface area (Å²) in [5.74, 6) is 1.31. The maximum atomic E-state index is 13.2. The molecule has 0 aromatic carbocycles. The van der Waals surface area contributed by atoms with E-state index in [0.717, 1.165) is 55.9 Å². The van der Waals surface area contributed by atoms with Gasteiger partial charge in [0.15, 0.2) is 11.3 Å². The maximum Gasteiger partial charge on any atom is 0.164 e. The molecule has 1 aliphatic carbocycles. The molecule has 0 unspecified atom stereocenters. The summed E-state index contributed by atoms with van der Waals surface area (Å²) in [6.45, 7) is 6.26. The van der Waals surface area contributed by atoms with Gasteiger partial charge in [0, 0.05) is 35.9 Å². The molecule has 166 valence electrons. The first-order chi connectivity index (χ1) is 14.9. The number of carbonyl (C=O) groups is 1. The van der Waals surface area contributed by atoms with Gasteiger partial charge in [0.2, 0.25) is 0 Å². The van der Waals surface area contributed by atoms with Crippen LogP contribution in [0, 0.1) is 23.2 Å². The number of aromatic nitrogens is 3. The predicted molar refractivity (Wildman–Crippen MR) is 122 cm³/mol. The zero-order valence-corrected chi connectivity index (χ0v) is 19.7. The number of nitriles is 1. The van der Waals surface area contributed by atoms with Crippen LogP contribution in [0.5, 0.6) is 0 Å². The molecule has 0 radical (unpaired) electrons. The van der Waals surface area contributed by atoms with Crippen molar-refractivity contribution < 1.29 is 4.79 Å². The van der Waals surface area contributed by atoms with E-state index in [1.165, 1.54) is 12.8 Å². The minimum Gasteiger partial charge on any atom is -0.306 e. The van der Waals surface area contributed by atoms with Gasteiger partial charge in [0.25, 0.3) is 0 Å². The highest BCUT2D eigenvalue weighted by Gasteiger charge is 2.43. The van der Waals surface area contributed by atoms with Crippen molar-refractivity contribution in [2.45, 2.75) is 69.7 Å². The monoisotopic (exact) mass is 439 g/mol. The first-order valence-electron chi connectivity index (χ1n) is 11.4. The third-order valence-electron chi connectivity index (χ3n) is 7.83. The maximum absolute atomic E-state index is 13.2. The molecular weight excluding hydrogens is 406 g/mol. The largest absolute Gasteiger partial charge is 0.306 e. The normalized spacial score (nSPS) is 26.1. The van der Waals surface area contributed by atoms with Crippen molar-refractivity contribution >= 4 is 17.1 Å². The van der Waals surface area contributed by atoms with E-state index >= 15 is 0 Å². The highest BCUT2D eigenvalue weighted by Crippen LogP contribution is 2.45. The Hall–Kier alpha value is -2.04. The summed E-state index contributed by atoms with van der Waals surface area (Å²) in [5.41, 5.74) is 0.636. The van der Waals surface area contributed by atoms with Crippen LogP contribution >= 0.6 is 11.3 Å². The molecule has 2 fully saturated rings. The Labute approximate surface area is 189 Å². The Bertz CT molecular complexity index is 930. The van der Waals surface area contributed by atoms with Crippen molar-refractivity contribution in [1.82, 2.24) is 19.9 Å². The Morgan fingerprint density at radius 3 is 2.65 bits per heavy atom. The van der Waals surface area contributed by atoms with E-state index in [-0.39, 0.29) is 11.2 Å². The molecule has 2 aliphatic rings. The Balaban J connectivity index is 1.65. The number of likely N-dealkylation sites (tertiary alicyclic amines) is 1. The Morgan fingerprint density at radius 1 is 1.32 bits per heavy atom. The average Bonchev–Trinajstić information content (AvgIpc) is 3.48. The van der Waals surface area contributed by atoms with Crippen LogP contribution in [0.4, 0.5) is 0 Å². The second kappa shape index (κ2) is 8.84. The number of hydrogen-bond donors (Lipinski definition) is 0. The second-order valence-electron chi connectivity index (χ2n) is 9.98. The van der Waals surface area contributed by atoms with E-state index in [0.29, 0.717) is 12.3 Å². The number of Topliss-reactive ketones (excluding diaryl/α,β-unsaturated/α-hetero) is 1. The quantitative estimate of drug-likeness (QED) is 0.613. The van der Waals surface area contributed by atoms with Gasteiger partial charge in [-0.05, 0) is 56.0 Å². The SMILES string of the molecule is CC1CCC([C@](C)(CC(=O)c2ccsc2)c2cn(C3(C#N)CCN(C)CC3)nn2)CC1. The lowest BCUT2D eigenvalue weighted by Crippen LogP contribution is -2.44. The van der Waals surface area contributed by atoms with Crippen LogP contribution in [-0.2, 0) is 11.0 Å². The number of piperidine rings is 1. The first kappa shape index (κ1) is 22.2. The average molecular weight is 440 g/mol. The van der Waals surface area contributed by atoms with E-state index in [9.17, 15) is 10.1 Å². The van der Waals surface area contributed by atoms with E-state index < -0.39 is 5.54 Å². The molecule has 0 bridgehead atoms. The molecule has 3 heterocycles. The predicted octanol–water partition coefficient (Wildman–Crippen LogP) is 4.64. The number of rotatable bonds is 6. The Morgan fingerprint density at radius 2 is 2.03 bits per heavy atom. The lowest BCUT2D eigenvalue weighted by atomic mass is 9.64. The van der Waals surface area contributed by atoms with Crippen LogP contribution in [0.25, 0.3) is 0 Å². The second-order valence-corrected chi connectivity index (χ2v) is 10.8. The summed E-state index contributed by atoms with van der Waals surface area (Å²) < 4.78 is 1.80. The molecule has 6 nitrogen and oxygen atoms in total. The van der Waals surface area contributed by atoms with Crippen molar-refractivity contribution in [1.29, 1.82) is 5.26 Å². The van der Waals surface area contributed by atoms with Crippen molar-refractivity contribution in [2.24, 2.45) is 11.8 Å². The molecule has 1 atom stereocenters. The molecular formula is C24H33N5OS. The minimum atomic E-state index is -0.642. The van der Waals surface area contributed by atoms with Crippen LogP contribution < -0.4 is 0 Å². The Kier molecular flexibility index (Phi) is 6.32. The van der Waals surface area contributed by atoms with Crippen LogP contribution in [0.3, 0.4) is 0 Å². The van der Waals surface area contributed by atoms with Crippen LogP contribution in [0.15, 0.2) is 23.0 Å². The highest BCUT2D eigenvalue weighted by atomic mass is 32.1. The summed E-state index contributed by atoms with van der Waals surface area (Å²) in [6.07, 6.45) is 8.50. The molecule has 1 saturated carbocycles. The standard InChI is InChI=1S/C24H33N5OS/c1-18-4-6-20(7-5-18)23(2,14-21(30)19-8-13-31-16-19)22-15-29(27-26-22)24(17-25)9-11-28(3)12-10-24/h8,13,15-16,18,20H,4-7,9-12,14H2,1-3H3/t18?,20?,23-/m0/s1. The summed E-state index contributed by atoms with van der Waals surface area (Å²) >= 11 is 1.56. The fraction of sp³-hybridized carbons (Fsp3) is 0.667. The smallest absolute Gasteiger partial charge is 0.164 e. The van der Waals surface area contributed by atoms with Gasteiger partial charge in [0.05, 0.1) is 18.0 Å². The van der Waals surface area contributed by atoms with Gasteiger partial charge in [-0.25, -0.2) is 4.68 Å². The summed E-state index contributed by atoms with van der Waals surface area (Å²) in [6, 6.07) is 4.45. The number of ketones is 1. The first-order valence-corrected chi connectivity index (χ1v) is 12.4. The topological polar surface area (TPSA) is 74.8 Å². The van der Waals surface area contributed by atoms with Crippen molar-refractivity contribution in [3.8, 4) is 6.07 Å². The van der Waals surface area contributed by atoms with Crippen molar-refractivity contribution in [2.75, 3.05) is 20.1 Å². The minimum absolute atomic E-state index is 0.172. The fourth-order valence-corrected chi connectivity index (χ4v) is 5.98. The molecule has 7 heteroatoms. The zero-order chi connectivity index (χ0) is 22.1. The van der Waals surface area contributed by atoms with Gasteiger partial charge in [0.1, 0.15) is 0 Å². The van der Waals surface area contributed by atoms with Gasteiger partial charge in [-0.15, -0.1) is 5.10 Å². The van der Waals surface area contributed by atoms with Crippen molar-refractivity contribution in [3.63, 3.8) is 0 Å². The van der Waals surface area contributed by atoms with E-state index in [4.69, 9.17) is 0 Å². The molecule has 1 saturated heterocycles. The number of carbonyl (C=O) groups excluding carboxylic acids is 1. The molecule has 1 aliphatic heterocycles. The number of hydrogen-bond acceptors (Lipinski definition) is 6. The molecule has 0 amide bonds. The molecule has 0 N–H and O–H groups in total. The molecule has 2 aromatic heterocycles. The summed E-state index contributed by atoms with van der Waals surface area (Å²) in [7, 11) is 2.09. The van der Waals surface area contributed by atoms with Gasteiger partial charge >= 0.3 is 0 Å². The van der Waals surface area contributed by atoms with Gasteiger partial charge in [-0.3, -0.25) is 4.79 Å². The summed E-state index contributed by atoms with van der Waals surface area (Å²) in [5, 5.41) is 23.0. The van der Waals surface area contributed by atoms with Crippen LogP contribution in [0.1, 0.15) is 74.8 Å². The molecule has 0 spiro atoms. The zero-order valence-electron chi connectivity index (χ0n) is 18.9. The molecule has 4 rings (SSSR count). The van der Waals surface area contributed by atoms with E-state index in [2.05, 4.69) is 42.2 Å². The third kappa shape index (κ3) is 4.33. The van der Waals surface area contributed by atoms with E-state index in [1.54, 1.807) is 16.0 Å². The van der Waals surface area contributed by atoms with Gasteiger partial charge in [-0.1, -0.05) is 31.9 Å². The summed E-state index contributed by atoms with van der Waals surface area (Å²) in [4.78, 5) is 15.4. The van der Waals surface area contributed by atoms with E-state index in [1.807, 2.05) is 23.0 Å².